The number of halogens is 3. The van der Waals surface area contributed by atoms with Crippen molar-refractivity contribution in [2.75, 3.05) is 31.5 Å². The van der Waals surface area contributed by atoms with Gasteiger partial charge in [-0.3, -0.25) is 14.5 Å². The highest BCUT2D eigenvalue weighted by Crippen LogP contribution is 2.32. The van der Waals surface area contributed by atoms with Gasteiger partial charge >= 0.3 is 6.18 Å². The summed E-state index contributed by atoms with van der Waals surface area (Å²) >= 11 is 0. The summed E-state index contributed by atoms with van der Waals surface area (Å²) in [5, 5.41) is 2.95. The summed E-state index contributed by atoms with van der Waals surface area (Å²) in [5.74, 6) is -0.150. The van der Waals surface area contributed by atoms with Crippen molar-refractivity contribution in [2.24, 2.45) is 0 Å². The van der Waals surface area contributed by atoms with Crippen LogP contribution in [-0.2, 0) is 23.9 Å². The molecule has 0 atom stereocenters. The predicted molar refractivity (Wildman–Crippen MR) is 143 cm³/mol. The van der Waals surface area contributed by atoms with E-state index < -0.39 is 11.7 Å². The lowest BCUT2D eigenvalue weighted by molar-refractivity contribution is -0.137. The Morgan fingerprint density at radius 1 is 0.947 bits per heavy atom. The number of nitrogens with one attached hydrogen (secondary N) is 1. The summed E-state index contributed by atoms with van der Waals surface area (Å²) in [6, 6.07) is 17.5. The first-order chi connectivity index (χ1) is 18.2. The monoisotopic (exact) mass is 523 g/mol. The normalized spacial score (nSPS) is 13.6. The standard InChI is InChI=1S/C30H32F3N3O2/c1-3-36(4-2)28(37)16-18-35-17-15-22-19-25(14-11-23(22)20-35)34-29(38)27-8-6-5-7-26(27)21-9-12-24(13-10-21)30(31,32)33/h5-14,19H,3-4,15-18,20H2,1-2H3,(H,34,38). The minimum atomic E-state index is -4.42. The second kappa shape index (κ2) is 11.8. The maximum Gasteiger partial charge on any atom is 0.416 e. The molecule has 0 saturated carbocycles. The number of rotatable bonds is 8. The number of alkyl halides is 3. The molecule has 0 unspecified atom stereocenters. The van der Waals surface area contributed by atoms with Gasteiger partial charge in [-0.25, -0.2) is 0 Å². The number of hydrogen-bond acceptors (Lipinski definition) is 3. The van der Waals surface area contributed by atoms with Gasteiger partial charge in [-0.1, -0.05) is 36.4 Å². The third-order valence-electron chi connectivity index (χ3n) is 7.01. The van der Waals surface area contributed by atoms with Crippen molar-refractivity contribution in [2.45, 2.75) is 39.4 Å². The van der Waals surface area contributed by atoms with Gasteiger partial charge in [-0.05, 0) is 72.9 Å². The van der Waals surface area contributed by atoms with E-state index in [0.717, 1.165) is 50.3 Å². The number of carbonyl (C=O) groups excluding carboxylic acids is 2. The van der Waals surface area contributed by atoms with Gasteiger partial charge in [0.05, 0.1) is 5.56 Å². The van der Waals surface area contributed by atoms with Crippen molar-refractivity contribution in [3.05, 3.63) is 89.0 Å². The van der Waals surface area contributed by atoms with E-state index in [-0.39, 0.29) is 11.8 Å². The quantitative estimate of drug-likeness (QED) is 0.380. The fourth-order valence-electron chi connectivity index (χ4n) is 4.84. The molecule has 200 valence electrons. The minimum absolute atomic E-state index is 0.176. The number of amides is 2. The van der Waals surface area contributed by atoms with Gasteiger partial charge in [0.15, 0.2) is 0 Å². The van der Waals surface area contributed by atoms with Crippen LogP contribution in [-0.4, -0.2) is 47.8 Å². The van der Waals surface area contributed by atoms with Crippen LogP contribution in [0.3, 0.4) is 0 Å². The zero-order chi connectivity index (χ0) is 27.3. The predicted octanol–water partition coefficient (Wildman–Crippen LogP) is 6.24. The fraction of sp³-hybridized carbons (Fsp3) is 0.333. The summed E-state index contributed by atoms with van der Waals surface area (Å²) in [6.07, 6.45) is -3.09. The van der Waals surface area contributed by atoms with Crippen molar-refractivity contribution < 1.29 is 22.8 Å². The van der Waals surface area contributed by atoms with Crippen LogP contribution in [0, 0.1) is 0 Å². The molecule has 4 rings (SSSR count). The van der Waals surface area contributed by atoms with Gasteiger partial charge in [-0.2, -0.15) is 13.2 Å². The average Bonchev–Trinajstić information content (AvgIpc) is 2.92. The van der Waals surface area contributed by atoms with E-state index in [0.29, 0.717) is 35.3 Å². The maximum absolute atomic E-state index is 13.2. The molecule has 0 aromatic heterocycles. The smallest absolute Gasteiger partial charge is 0.343 e. The third kappa shape index (κ3) is 6.42. The Morgan fingerprint density at radius 2 is 1.66 bits per heavy atom. The van der Waals surface area contributed by atoms with Crippen LogP contribution >= 0.6 is 0 Å². The van der Waals surface area contributed by atoms with Crippen molar-refractivity contribution in [3.8, 4) is 11.1 Å². The van der Waals surface area contributed by atoms with E-state index in [1.54, 1.807) is 24.3 Å². The van der Waals surface area contributed by atoms with Gasteiger partial charge in [-0.15, -0.1) is 0 Å². The number of hydrogen-bond donors (Lipinski definition) is 1. The summed E-state index contributed by atoms with van der Waals surface area (Å²) in [7, 11) is 0. The zero-order valence-corrected chi connectivity index (χ0v) is 21.6. The second-order valence-corrected chi connectivity index (χ2v) is 9.40. The molecule has 1 N–H and O–H groups in total. The number of anilines is 1. The van der Waals surface area contributed by atoms with Crippen LogP contribution in [0.1, 0.15) is 47.3 Å². The van der Waals surface area contributed by atoms with E-state index >= 15 is 0 Å². The van der Waals surface area contributed by atoms with Crippen molar-refractivity contribution in [3.63, 3.8) is 0 Å². The topological polar surface area (TPSA) is 52.7 Å². The summed E-state index contributed by atoms with van der Waals surface area (Å²) < 4.78 is 38.9. The Labute approximate surface area is 221 Å². The van der Waals surface area contributed by atoms with Crippen LogP contribution in [0.2, 0.25) is 0 Å². The van der Waals surface area contributed by atoms with E-state index in [1.165, 1.54) is 17.7 Å². The van der Waals surface area contributed by atoms with Crippen LogP contribution in [0.25, 0.3) is 11.1 Å². The second-order valence-electron chi connectivity index (χ2n) is 9.40. The van der Waals surface area contributed by atoms with Crippen LogP contribution in [0.5, 0.6) is 0 Å². The average molecular weight is 524 g/mol. The van der Waals surface area contributed by atoms with Crippen molar-refractivity contribution >= 4 is 17.5 Å². The molecule has 0 fully saturated rings. The van der Waals surface area contributed by atoms with Crippen LogP contribution < -0.4 is 5.32 Å². The van der Waals surface area contributed by atoms with Crippen molar-refractivity contribution in [1.82, 2.24) is 9.80 Å². The van der Waals surface area contributed by atoms with Crippen LogP contribution in [0.15, 0.2) is 66.7 Å². The van der Waals surface area contributed by atoms with E-state index in [1.807, 2.05) is 36.9 Å². The number of carbonyl (C=O) groups is 2. The van der Waals surface area contributed by atoms with Gasteiger partial charge in [0.1, 0.15) is 0 Å². The largest absolute Gasteiger partial charge is 0.416 e. The highest BCUT2D eigenvalue weighted by Gasteiger charge is 2.30. The Kier molecular flexibility index (Phi) is 8.52. The molecule has 0 spiro atoms. The summed E-state index contributed by atoms with van der Waals surface area (Å²) in [5.41, 5.74) is 3.75. The summed E-state index contributed by atoms with van der Waals surface area (Å²) in [4.78, 5) is 29.6. The summed E-state index contributed by atoms with van der Waals surface area (Å²) in [6.45, 7) is 7.74. The lowest BCUT2D eigenvalue weighted by Crippen LogP contribution is -2.36. The highest BCUT2D eigenvalue weighted by molar-refractivity contribution is 6.08. The number of nitrogens with zero attached hydrogens (tertiary/aromatic N) is 2. The molecule has 0 radical (unpaired) electrons. The molecule has 5 nitrogen and oxygen atoms in total. The molecular formula is C30H32F3N3O2. The third-order valence-corrected chi connectivity index (χ3v) is 7.01. The zero-order valence-electron chi connectivity index (χ0n) is 21.6. The minimum Gasteiger partial charge on any atom is -0.343 e. The van der Waals surface area contributed by atoms with E-state index in [2.05, 4.69) is 10.2 Å². The van der Waals surface area contributed by atoms with Gasteiger partial charge in [0.2, 0.25) is 5.91 Å². The first kappa shape index (κ1) is 27.4. The molecule has 2 amide bonds. The fourth-order valence-corrected chi connectivity index (χ4v) is 4.84. The highest BCUT2D eigenvalue weighted by atomic mass is 19.4. The molecule has 3 aromatic rings. The molecular weight excluding hydrogens is 491 g/mol. The Bertz CT molecular complexity index is 1280. The molecule has 1 heterocycles. The first-order valence-electron chi connectivity index (χ1n) is 12.9. The SMILES string of the molecule is CCN(CC)C(=O)CCN1CCc2cc(NC(=O)c3ccccc3-c3ccc(C(F)(F)F)cc3)ccc2C1. The molecule has 0 saturated heterocycles. The van der Waals surface area contributed by atoms with Crippen LogP contribution in [0.4, 0.5) is 18.9 Å². The lowest BCUT2D eigenvalue weighted by atomic mass is 9.97. The maximum atomic E-state index is 13.2. The number of benzene rings is 3. The van der Waals surface area contributed by atoms with Gasteiger partial charge in [0.25, 0.3) is 5.91 Å². The molecule has 1 aliphatic rings. The molecule has 1 aliphatic heterocycles. The number of fused-ring (bicyclic) bond motifs is 1. The molecule has 0 aliphatic carbocycles. The van der Waals surface area contributed by atoms with Crippen molar-refractivity contribution in [1.29, 1.82) is 0 Å². The Balaban J connectivity index is 1.42. The molecule has 0 bridgehead atoms. The molecule has 38 heavy (non-hydrogen) atoms. The Morgan fingerprint density at radius 3 is 2.34 bits per heavy atom. The van der Waals surface area contributed by atoms with E-state index in [9.17, 15) is 22.8 Å². The molecule has 8 heteroatoms. The Hall–Kier alpha value is -3.65. The van der Waals surface area contributed by atoms with E-state index in [4.69, 9.17) is 0 Å². The van der Waals surface area contributed by atoms with Gasteiger partial charge in [0, 0.05) is 50.4 Å². The lowest BCUT2D eigenvalue weighted by Gasteiger charge is -2.29. The van der Waals surface area contributed by atoms with Gasteiger partial charge < -0.3 is 10.2 Å². The molecule has 3 aromatic carbocycles. The first-order valence-corrected chi connectivity index (χ1v) is 12.9.